The molecule has 2 N–H and O–H groups in total. The van der Waals surface area contributed by atoms with Crippen molar-refractivity contribution in [3.63, 3.8) is 0 Å². The number of nitrogens with zero attached hydrogens (tertiary/aromatic N) is 5. The molecule has 5 aromatic rings. The van der Waals surface area contributed by atoms with Crippen molar-refractivity contribution < 1.29 is 8.42 Å². The highest BCUT2D eigenvalue weighted by Crippen LogP contribution is 2.42. The number of aromatic amines is 1. The highest BCUT2D eigenvalue weighted by molar-refractivity contribution is 7.91. The highest BCUT2D eigenvalue weighted by atomic mass is 32.2. The quantitative estimate of drug-likeness (QED) is 0.353. The first-order valence-electron chi connectivity index (χ1n) is 13.0. The van der Waals surface area contributed by atoms with Gasteiger partial charge in [-0.1, -0.05) is 24.6 Å². The van der Waals surface area contributed by atoms with E-state index in [-0.39, 0.29) is 9.92 Å². The van der Waals surface area contributed by atoms with Crippen LogP contribution in [0.5, 0.6) is 0 Å². The Bertz CT molecular complexity index is 1760. The van der Waals surface area contributed by atoms with Crippen LogP contribution in [0.25, 0.3) is 33.3 Å². The summed E-state index contributed by atoms with van der Waals surface area (Å²) in [4.78, 5) is 24.7. The second-order valence-corrected chi connectivity index (χ2v) is 11.8. The Kier molecular flexibility index (Phi) is 5.59. The van der Waals surface area contributed by atoms with Gasteiger partial charge in [0, 0.05) is 54.9 Å². The van der Waals surface area contributed by atoms with Gasteiger partial charge in [-0.25, -0.2) is 23.4 Å². The lowest BCUT2D eigenvalue weighted by molar-refractivity contribution is 0.421. The van der Waals surface area contributed by atoms with E-state index >= 15 is 0 Å². The van der Waals surface area contributed by atoms with E-state index in [2.05, 4.69) is 25.2 Å². The molecule has 0 radical (unpaired) electrons. The number of rotatable bonds is 5. The molecule has 1 aliphatic heterocycles. The summed E-state index contributed by atoms with van der Waals surface area (Å²) in [7, 11) is -3.73. The molecule has 1 aliphatic carbocycles. The lowest BCUT2D eigenvalue weighted by Crippen LogP contribution is -2.44. The van der Waals surface area contributed by atoms with Crippen molar-refractivity contribution in [1.82, 2.24) is 30.2 Å². The molecule has 2 aliphatic rings. The third-order valence-electron chi connectivity index (χ3n) is 7.67. The van der Waals surface area contributed by atoms with Crippen molar-refractivity contribution in [3.8, 4) is 11.4 Å². The summed E-state index contributed by atoms with van der Waals surface area (Å²) in [5.74, 6) is 1.95. The maximum absolute atomic E-state index is 13.3. The molecule has 1 aromatic carbocycles. The van der Waals surface area contributed by atoms with Gasteiger partial charge in [0.25, 0.3) is 0 Å². The molecule has 7 rings (SSSR count). The van der Waals surface area contributed by atoms with Crippen LogP contribution in [-0.4, -0.2) is 59.5 Å². The minimum absolute atomic E-state index is 0.0932. The predicted molar refractivity (Wildman–Crippen MR) is 146 cm³/mol. The molecule has 5 heterocycles. The highest BCUT2D eigenvalue weighted by Gasteiger charge is 2.27. The summed E-state index contributed by atoms with van der Waals surface area (Å²) < 4.78 is 26.6. The van der Waals surface area contributed by atoms with E-state index in [9.17, 15) is 8.42 Å². The van der Waals surface area contributed by atoms with Gasteiger partial charge in [-0.15, -0.1) is 0 Å². The number of piperazine rings is 1. The number of hydrogen-bond donors (Lipinski definition) is 2. The van der Waals surface area contributed by atoms with Gasteiger partial charge in [-0.2, -0.15) is 0 Å². The maximum Gasteiger partial charge on any atom is 0.221 e. The lowest BCUT2D eigenvalue weighted by Gasteiger charge is -2.32. The summed E-state index contributed by atoms with van der Waals surface area (Å²) in [5.41, 5.74) is 3.25. The Balaban J connectivity index is 1.41. The first kappa shape index (κ1) is 23.2. The zero-order valence-electron chi connectivity index (χ0n) is 20.8. The number of aromatic nitrogens is 5. The summed E-state index contributed by atoms with van der Waals surface area (Å²) in [6.45, 7) is 3.49. The lowest BCUT2D eigenvalue weighted by atomic mass is 9.79. The van der Waals surface area contributed by atoms with E-state index in [4.69, 9.17) is 9.97 Å². The normalized spacial score (nSPS) is 16.7. The van der Waals surface area contributed by atoms with E-state index in [0.717, 1.165) is 61.3 Å². The Morgan fingerprint density at radius 1 is 0.974 bits per heavy atom. The molecule has 0 atom stereocenters. The van der Waals surface area contributed by atoms with E-state index in [0.29, 0.717) is 22.8 Å². The molecular formula is C28H27N7O2S. The van der Waals surface area contributed by atoms with Crippen LogP contribution in [0.4, 0.5) is 5.82 Å². The van der Waals surface area contributed by atoms with Gasteiger partial charge in [0.15, 0.2) is 5.82 Å². The summed E-state index contributed by atoms with van der Waals surface area (Å²) >= 11 is 0. The maximum atomic E-state index is 13.3. The molecule has 1 saturated carbocycles. The van der Waals surface area contributed by atoms with Crippen molar-refractivity contribution in [3.05, 3.63) is 66.6 Å². The number of nitrogens with one attached hydrogen (secondary N) is 2. The van der Waals surface area contributed by atoms with Crippen molar-refractivity contribution in [2.45, 2.75) is 35.1 Å². The smallest absolute Gasteiger partial charge is 0.221 e. The third-order valence-corrected chi connectivity index (χ3v) is 9.36. The average Bonchev–Trinajstić information content (AvgIpc) is 3.38. The van der Waals surface area contributed by atoms with Crippen molar-refractivity contribution in [1.29, 1.82) is 0 Å². The van der Waals surface area contributed by atoms with Crippen molar-refractivity contribution in [2.75, 3.05) is 31.1 Å². The zero-order chi connectivity index (χ0) is 25.7. The van der Waals surface area contributed by atoms with E-state index in [1.54, 1.807) is 42.6 Å². The zero-order valence-corrected chi connectivity index (χ0v) is 21.6. The first-order valence-corrected chi connectivity index (χ1v) is 14.5. The second kappa shape index (κ2) is 9.14. The standard InChI is InChI=1S/C28H27N7O2S/c36-38(37,19-7-2-1-3-8-19)24-15-21-20(9-10-31-26(21)33-24)27-32-23-17-30-16-22(18-5-4-6-18)25(23)28(34-27)35-13-11-29-12-14-35/h1-3,7-10,15-18,29H,4-6,11-14H2,(H,31,33). The monoisotopic (exact) mass is 525 g/mol. The summed E-state index contributed by atoms with van der Waals surface area (Å²) in [5, 5.41) is 5.27. The first-order chi connectivity index (χ1) is 18.6. The molecule has 0 unspecified atom stereocenters. The van der Waals surface area contributed by atoms with Gasteiger partial charge in [0.1, 0.15) is 16.5 Å². The molecular weight excluding hydrogens is 498 g/mol. The van der Waals surface area contributed by atoms with Gasteiger partial charge in [0.2, 0.25) is 9.84 Å². The molecule has 1 saturated heterocycles. The molecule has 0 bridgehead atoms. The van der Waals surface area contributed by atoms with E-state index < -0.39 is 9.84 Å². The number of hydrogen-bond acceptors (Lipinski definition) is 8. The minimum atomic E-state index is -3.73. The molecule has 192 valence electrons. The second-order valence-electron chi connectivity index (χ2n) is 9.93. The molecule has 2 fully saturated rings. The Hall–Kier alpha value is -3.89. The van der Waals surface area contributed by atoms with Crippen LogP contribution in [0.1, 0.15) is 30.7 Å². The fraction of sp³-hybridized carbons (Fsp3) is 0.286. The van der Waals surface area contributed by atoms with Crippen LogP contribution in [0.3, 0.4) is 0 Å². The van der Waals surface area contributed by atoms with Gasteiger partial charge in [0.05, 0.1) is 16.6 Å². The van der Waals surface area contributed by atoms with Gasteiger partial charge in [-0.05, 0) is 48.6 Å². The van der Waals surface area contributed by atoms with Gasteiger partial charge >= 0.3 is 0 Å². The fourth-order valence-electron chi connectivity index (χ4n) is 5.41. The van der Waals surface area contributed by atoms with Crippen LogP contribution in [0.2, 0.25) is 0 Å². The van der Waals surface area contributed by atoms with Gasteiger partial charge in [-0.3, -0.25) is 4.98 Å². The van der Waals surface area contributed by atoms with E-state index in [1.165, 1.54) is 12.0 Å². The number of sulfone groups is 1. The Morgan fingerprint density at radius 3 is 2.55 bits per heavy atom. The van der Waals surface area contributed by atoms with E-state index in [1.807, 2.05) is 18.5 Å². The fourth-order valence-corrected chi connectivity index (χ4v) is 6.69. The molecule has 10 heteroatoms. The van der Waals surface area contributed by atoms with Gasteiger partial charge < -0.3 is 15.2 Å². The third kappa shape index (κ3) is 3.83. The minimum Gasteiger partial charge on any atom is -0.353 e. The predicted octanol–water partition coefficient (Wildman–Crippen LogP) is 4.08. The molecule has 38 heavy (non-hydrogen) atoms. The van der Waals surface area contributed by atoms with Crippen LogP contribution < -0.4 is 10.2 Å². The molecule has 9 nitrogen and oxygen atoms in total. The van der Waals surface area contributed by atoms with Crippen LogP contribution >= 0.6 is 0 Å². The Labute approximate surface area is 220 Å². The number of H-pyrrole nitrogens is 1. The number of fused-ring (bicyclic) bond motifs is 2. The molecule has 0 amide bonds. The average molecular weight is 526 g/mol. The largest absolute Gasteiger partial charge is 0.353 e. The van der Waals surface area contributed by atoms with Crippen LogP contribution in [-0.2, 0) is 9.84 Å². The van der Waals surface area contributed by atoms with Crippen molar-refractivity contribution >= 4 is 37.6 Å². The number of anilines is 1. The molecule has 4 aromatic heterocycles. The van der Waals surface area contributed by atoms with Crippen LogP contribution in [0.15, 0.2) is 71.0 Å². The SMILES string of the molecule is O=S(=O)(c1ccccc1)c1cc2c(-c3nc(N4CCNCC4)c4c(C5CCC5)cncc4n3)ccnc2[nH]1. The summed E-state index contributed by atoms with van der Waals surface area (Å²) in [6, 6.07) is 11.9. The number of benzene rings is 1. The van der Waals surface area contributed by atoms with Crippen molar-refractivity contribution in [2.24, 2.45) is 0 Å². The summed E-state index contributed by atoms with van der Waals surface area (Å²) in [6.07, 6.45) is 9.02. The Morgan fingerprint density at radius 2 is 1.79 bits per heavy atom. The van der Waals surface area contributed by atoms with Crippen LogP contribution in [0, 0.1) is 0 Å². The molecule has 0 spiro atoms. The number of pyridine rings is 2. The topological polar surface area (TPSA) is 117 Å².